The predicted octanol–water partition coefficient (Wildman–Crippen LogP) is 2.10. The number of nitrogens with one attached hydrogen (secondary N) is 1. The molecule has 4 nitrogen and oxygen atoms in total. The molecule has 0 radical (unpaired) electrons. The van der Waals surface area contributed by atoms with Gasteiger partial charge < -0.3 is 0 Å². The van der Waals surface area contributed by atoms with Crippen LogP contribution < -0.4 is 11.3 Å². The highest BCUT2D eigenvalue weighted by Crippen LogP contribution is 2.41. The van der Waals surface area contributed by atoms with Gasteiger partial charge >= 0.3 is 12.4 Å². The molecule has 1 aromatic rings. The van der Waals surface area contributed by atoms with Crippen LogP contribution in [0.5, 0.6) is 0 Å². The lowest BCUT2D eigenvalue weighted by molar-refractivity contribution is -0.291. The molecule has 0 saturated carbocycles. The molecule has 0 aliphatic carbocycles. The molecule has 10 heteroatoms. The van der Waals surface area contributed by atoms with E-state index >= 15 is 0 Å². The quantitative estimate of drug-likeness (QED) is 0.497. The van der Waals surface area contributed by atoms with Gasteiger partial charge in [-0.3, -0.25) is 16.0 Å². The molecule has 0 amide bonds. The number of alkyl halides is 6. The molecule has 122 valence electrons. The average molecular weight is 318 g/mol. The van der Waals surface area contributed by atoms with E-state index in [4.69, 9.17) is 5.84 Å². The average Bonchev–Trinajstić information content (AvgIpc) is 2.65. The van der Waals surface area contributed by atoms with Crippen LogP contribution in [0.15, 0.2) is 6.07 Å². The van der Waals surface area contributed by atoms with Crippen molar-refractivity contribution in [3.05, 3.63) is 17.5 Å². The zero-order valence-electron chi connectivity index (χ0n) is 11.4. The van der Waals surface area contributed by atoms with Crippen LogP contribution in [0.4, 0.5) is 26.3 Å². The predicted molar refractivity (Wildman–Crippen MR) is 63.0 cm³/mol. The van der Waals surface area contributed by atoms with Gasteiger partial charge in [-0.05, 0) is 12.5 Å². The summed E-state index contributed by atoms with van der Waals surface area (Å²) in [4.78, 5) is 0. The fourth-order valence-corrected chi connectivity index (χ4v) is 2.08. The molecule has 1 unspecified atom stereocenters. The zero-order chi connectivity index (χ0) is 16.4. The number of aryl methyl sites for hydroxylation is 2. The van der Waals surface area contributed by atoms with Crippen molar-refractivity contribution in [3.8, 4) is 0 Å². The van der Waals surface area contributed by atoms with Gasteiger partial charge in [-0.2, -0.15) is 31.4 Å². The first-order valence-electron chi connectivity index (χ1n) is 6.12. The first-order chi connectivity index (χ1) is 9.50. The summed E-state index contributed by atoms with van der Waals surface area (Å²) in [5.74, 6) is 1.38. The molecule has 0 aromatic carbocycles. The molecule has 0 fully saturated rings. The van der Waals surface area contributed by atoms with Gasteiger partial charge in [-0.15, -0.1) is 0 Å². The Morgan fingerprint density at radius 1 is 1.24 bits per heavy atom. The number of nitrogens with zero attached hydrogens (tertiary/aromatic N) is 2. The second-order valence-corrected chi connectivity index (χ2v) is 4.64. The molecule has 0 aliphatic rings. The molecular formula is C11H16F6N4. The number of aromatic nitrogens is 2. The standard InChI is InChI=1S/C11H16F6N4/c1-3-6-4-7(21(2)20-6)5-8(19-18)9(10(12,13)14)11(15,16)17/h4,8-9,19H,3,5,18H2,1-2H3. The summed E-state index contributed by atoms with van der Waals surface area (Å²) >= 11 is 0. The number of rotatable bonds is 5. The Labute approximate surface area is 117 Å². The van der Waals surface area contributed by atoms with Crippen LogP contribution >= 0.6 is 0 Å². The molecule has 1 heterocycles. The molecule has 1 atom stereocenters. The molecule has 0 saturated heterocycles. The third-order valence-electron chi connectivity index (χ3n) is 3.14. The summed E-state index contributed by atoms with van der Waals surface area (Å²) in [6.07, 6.45) is -10.9. The van der Waals surface area contributed by atoms with Crippen molar-refractivity contribution in [3.63, 3.8) is 0 Å². The van der Waals surface area contributed by atoms with E-state index in [2.05, 4.69) is 5.10 Å². The Morgan fingerprint density at radius 2 is 1.76 bits per heavy atom. The molecule has 1 rings (SSSR count). The van der Waals surface area contributed by atoms with Crippen LogP contribution in [0.1, 0.15) is 18.3 Å². The SMILES string of the molecule is CCc1cc(CC(NN)C(C(F)(F)F)C(F)(F)F)n(C)n1. The van der Waals surface area contributed by atoms with Crippen LogP contribution in [0.2, 0.25) is 0 Å². The Bertz CT molecular complexity index is 450. The summed E-state index contributed by atoms with van der Waals surface area (Å²) in [6, 6.07) is -0.557. The van der Waals surface area contributed by atoms with Gasteiger partial charge in [0.1, 0.15) is 0 Å². The van der Waals surface area contributed by atoms with Crippen LogP contribution in [0.3, 0.4) is 0 Å². The minimum atomic E-state index is -5.44. The number of hydrazine groups is 1. The summed E-state index contributed by atoms with van der Waals surface area (Å²) in [7, 11) is 1.46. The van der Waals surface area contributed by atoms with E-state index in [-0.39, 0.29) is 5.69 Å². The Balaban J connectivity index is 3.07. The fourth-order valence-electron chi connectivity index (χ4n) is 2.08. The Kier molecular flexibility index (Phi) is 5.26. The van der Waals surface area contributed by atoms with Gasteiger partial charge in [0.15, 0.2) is 5.92 Å². The normalized spacial score (nSPS) is 14.8. The molecule has 3 N–H and O–H groups in total. The lowest BCUT2D eigenvalue weighted by Crippen LogP contribution is -2.54. The first kappa shape index (κ1) is 17.8. The molecule has 0 aliphatic heterocycles. The van der Waals surface area contributed by atoms with Crippen LogP contribution in [0.25, 0.3) is 0 Å². The van der Waals surface area contributed by atoms with Gasteiger partial charge in [0, 0.05) is 25.2 Å². The zero-order valence-corrected chi connectivity index (χ0v) is 11.4. The number of halogens is 6. The topological polar surface area (TPSA) is 55.9 Å². The van der Waals surface area contributed by atoms with Crippen LogP contribution in [0, 0.1) is 5.92 Å². The van der Waals surface area contributed by atoms with E-state index in [0.29, 0.717) is 12.1 Å². The van der Waals surface area contributed by atoms with Gasteiger partial charge in [-0.1, -0.05) is 6.92 Å². The number of hydrogen-bond acceptors (Lipinski definition) is 3. The summed E-state index contributed by atoms with van der Waals surface area (Å²) in [6.45, 7) is 1.78. The van der Waals surface area contributed by atoms with Crippen molar-refractivity contribution in [1.82, 2.24) is 15.2 Å². The maximum absolute atomic E-state index is 12.7. The van der Waals surface area contributed by atoms with Crippen molar-refractivity contribution < 1.29 is 26.3 Å². The van der Waals surface area contributed by atoms with E-state index in [1.807, 2.05) is 0 Å². The second kappa shape index (κ2) is 6.22. The minimum absolute atomic E-state index is 0.244. The monoisotopic (exact) mass is 318 g/mol. The minimum Gasteiger partial charge on any atom is -0.272 e. The lowest BCUT2D eigenvalue weighted by Gasteiger charge is -2.30. The summed E-state index contributed by atoms with van der Waals surface area (Å²) in [5, 5.41) is 3.99. The second-order valence-electron chi connectivity index (χ2n) is 4.64. The van der Waals surface area contributed by atoms with Crippen molar-refractivity contribution in [1.29, 1.82) is 0 Å². The first-order valence-corrected chi connectivity index (χ1v) is 6.12. The van der Waals surface area contributed by atoms with Gasteiger partial charge in [0.05, 0.1) is 5.69 Å². The Hall–Kier alpha value is -1.29. The third kappa shape index (κ3) is 4.34. The molecular weight excluding hydrogens is 302 g/mol. The van der Waals surface area contributed by atoms with E-state index in [9.17, 15) is 26.3 Å². The van der Waals surface area contributed by atoms with Crippen LogP contribution in [-0.2, 0) is 19.9 Å². The van der Waals surface area contributed by atoms with Crippen molar-refractivity contribution in [2.75, 3.05) is 0 Å². The summed E-state index contributed by atoms with van der Waals surface area (Å²) in [5.41, 5.74) is 2.46. The van der Waals surface area contributed by atoms with Gasteiger partial charge in [0.25, 0.3) is 0 Å². The molecule has 21 heavy (non-hydrogen) atoms. The highest BCUT2D eigenvalue weighted by Gasteiger charge is 2.60. The molecule has 0 bridgehead atoms. The maximum Gasteiger partial charge on any atom is 0.402 e. The molecule has 1 aromatic heterocycles. The lowest BCUT2D eigenvalue weighted by atomic mass is 9.94. The highest BCUT2D eigenvalue weighted by atomic mass is 19.4. The van der Waals surface area contributed by atoms with Gasteiger partial charge in [-0.25, -0.2) is 0 Å². The third-order valence-corrected chi connectivity index (χ3v) is 3.14. The highest BCUT2D eigenvalue weighted by molar-refractivity contribution is 5.12. The Morgan fingerprint density at radius 3 is 2.10 bits per heavy atom. The maximum atomic E-state index is 12.7. The van der Waals surface area contributed by atoms with Crippen molar-refractivity contribution in [2.45, 2.75) is 38.2 Å². The largest absolute Gasteiger partial charge is 0.402 e. The number of nitrogens with two attached hydrogens (primary N) is 1. The van der Waals surface area contributed by atoms with Crippen molar-refractivity contribution in [2.24, 2.45) is 18.8 Å². The smallest absolute Gasteiger partial charge is 0.272 e. The van der Waals surface area contributed by atoms with Crippen molar-refractivity contribution >= 4 is 0 Å². The summed E-state index contributed by atoms with van der Waals surface area (Å²) < 4.78 is 77.4. The van der Waals surface area contributed by atoms with E-state index in [1.54, 1.807) is 12.3 Å². The van der Waals surface area contributed by atoms with E-state index < -0.39 is 30.7 Å². The fraction of sp³-hybridized carbons (Fsp3) is 0.727. The van der Waals surface area contributed by atoms with Crippen LogP contribution in [-0.4, -0.2) is 28.2 Å². The molecule has 0 spiro atoms. The van der Waals surface area contributed by atoms with E-state index in [0.717, 1.165) is 0 Å². The number of hydrogen-bond donors (Lipinski definition) is 2. The van der Waals surface area contributed by atoms with Gasteiger partial charge in [0.2, 0.25) is 0 Å². The van der Waals surface area contributed by atoms with E-state index in [1.165, 1.54) is 17.8 Å².